The zero-order valence-electron chi connectivity index (χ0n) is 14.6. The van der Waals surface area contributed by atoms with Crippen molar-refractivity contribution in [3.63, 3.8) is 0 Å². The number of benzene rings is 1. The molecule has 6 heteroatoms. The maximum absolute atomic E-state index is 13.7. The molecule has 1 aromatic carbocycles. The first-order valence-electron chi connectivity index (χ1n) is 8.84. The third kappa shape index (κ3) is 5.18. The summed E-state index contributed by atoms with van der Waals surface area (Å²) in [5.41, 5.74) is 0.282. The van der Waals surface area contributed by atoms with Crippen molar-refractivity contribution in [3.8, 4) is 0 Å². The molecule has 1 aliphatic heterocycles. The van der Waals surface area contributed by atoms with E-state index in [0.29, 0.717) is 12.0 Å². The summed E-state index contributed by atoms with van der Waals surface area (Å²) in [7, 11) is 0. The summed E-state index contributed by atoms with van der Waals surface area (Å²) >= 11 is 0. The van der Waals surface area contributed by atoms with Crippen LogP contribution in [0.1, 0.15) is 38.4 Å². The summed E-state index contributed by atoms with van der Waals surface area (Å²) in [6.07, 6.45) is 1.48. The van der Waals surface area contributed by atoms with Crippen molar-refractivity contribution in [3.05, 3.63) is 35.6 Å². The molecule has 1 saturated heterocycles. The molecule has 0 spiro atoms. The van der Waals surface area contributed by atoms with Gasteiger partial charge in [0.1, 0.15) is 11.9 Å². The first kappa shape index (κ1) is 18.7. The number of aliphatic imine (C=N–C) groups is 1. The van der Waals surface area contributed by atoms with Crippen molar-refractivity contribution in [2.24, 2.45) is 4.99 Å². The second-order valence-electron chi connectivity index (χ2n) is 6.06. The number of likely N-dealkylation sites (tertiary alicyclic amines) is 1. The summed E-state index contributed by atoms with van der Waals surface area (Å²) < 4.78 is 13.7. The molecule has 134 valence electrons. The van der Waals surface area contributed by atoms with Gasteiger partial charge in [0.2, 0.25) is 0 Å². The predicted molar refractivity (Wildman–Crippen MR) is 95.6 cm³/mol. The topological polar surface area (TPSA) is 59.9 Å². The second kappa shape index (κ2) is 9.59. The fourth-order valence-electron chi connectivity index (χ4n) is 3.12. The number of rotatable bonds is 7. The zero-order valence-corrected chi connectivity index (χ0v) is 14.6. The lowest BCUT2D eigenvalue weighted by Gasteiger charge is -2.24. The van der Waals surface area contributed by atoms with Crippen LogP contribution in [-0.2, 0) is 0 Å². The molecule has 0 bridgehead atoms. The lowest BCUT2D eigenvalue weighted by Crippen LogP contribution is -2.45. The molecule has 0 aliphatic carbocycles. The van der Waals surface area contributed by atoms with Crippen LogP contribution in [0.2, 0.25) is 0 Å². The van der Waals surface area contributed by atoms with Crippen LogP contribution in [0.3, 0.4) is 0 Å². The molecule has 0 aromatic heterocycles. The number of hydrogen-bond donors (Lipinski definition) is 3. The Morgan fingerprint density at radius 1 is 1.38 bits per heavy atom. The van der Waals surface area contributed by atoms with Crippen LogP contribution in [0.25, 0.3) is 0 Å². The van der Waals surface area contributed by atoms with Gasteiger partial charge in [-0.1, -0.05) is 25.1 Å². The van der Waals surface area contributed by atoms with E-state index >= 15 is 0 Å². The van der Waals surface area contributed by atoms with Gasteiger partial charge >= 0.3 is 0 Å². The van der Waals surface area contributed by atoms with Crippen LogP contribution < -0.4 is 10.6 Å². The largest absolute Gasteiger partial charge is 0.386 e. The third-order valence-electron chi connectivity index (χ3n) is 4.44. The maximum Gasteiger partial charge on any atom is 0.191 e. The standard InChI is InChI=1S/C18H29FN4O/c1-3-20-18(21-12-14-8-7-11-23(14)4-2)22-13-17(24)15-9-5-6-10-16(15)19/h5-6,9-10,14,17,24H,3-4,7-8,11-13H2,1-2H3,(H2,20,21,22). The van der Waals surface area contributed by atoms with Crippen molar-refractivity contribution < 1.29 is 9.50 Å². The maximum atomic E-state index is 13.7. The third-order valence-corrected chi connectivity index (χ3v) is 4.44. The number of likely N-dealkylation sites (N-methyl/N-ethyl adjacent to an activating group) is 1. The number of aliphatic hydroxyl groups excluding tert-OH is 1. The molecule has 1 fully saturated rings. The Hall–Kier alpha value is -1.66. The Balaban J connectivity index is 1.91. The van der Waals surface area contributed by atoms with Crippen LogP contribution in [0.4, 0.5) is 4.39 Å². The van der Waals surface area contributed by atoms with Crippen molar-refractivity contribution in [2.45, 2.75) is 38.8 Å². The molecule has 0 radical (unpaired) electrons. The Bertz CT molecular complexity index is 538. The van der Waals surface area contributed by atoms with Crippen molar-refractivity contribution in [1.82, 2.24) is 15.5 Å². The van der Waals surface area contributed by atoms with Gasteiger partial charge in [-0.25, -0.2) is 4.39 Å². The Morgan fingerprint density at radius 3 is 2.88 bits per heavy atom. The van der Waals surface area contributed by atoms with Gasteiger partial charge in [0, 0.05) is 24.7 Å². The fraction of sp³-hybridized carbons (Fsp3) is 0.611. The zero-order chi connectivity index (χ0) is 17.4. The average molecular weight is 336 g/mol. The number of halogens is 1. The first-order valence-corrected chi connectivity index (χ1v) is 8.84. The monoisotopic (exact) mass is 336 g/mol. The van der Waals surface area contributed by atoms with Crippen LogP contribution in [0.15, 0.2) is 29.3 Å². The minimum Gasteiger partial charge on any atom is -0.386 e. The van der Waals surface area contributed by atoms with Crippen LogP contribution >= 0.6 is 0 Å². The van der Waals surface area contributed by atoms with Crippen LogP contribution in [-0.4, -0.2) is 54.7 Å². The Kier molecular flexibility index (Phi) is 7.46. The molecular weight excluding hydrogens is 307 g/mol. The predicted octanol–water partition coefficient (Wildman–Crippen LogP) is 1.90. The summed E-state index contributed by atoms with van der Waals surface area (Å²) in [6, 6.07) is 6.80. The number of guanidine groups is 1. The lowest BCUT2D eigenvalue weighted by atomic mass is 10.1. The van der Waals surface area contributed by atoms with Gasteiger partial charge in [-0.05, 0) is 38.9 Å². The molecule has 2 rings (SSSR count). The summed E-state index contributed by atoms with van der Waals surface area (Å²) in [5.74, 6) is 0.263. The van der Waals surface area contributed by atoms with Gasteiger partial charge in [0.05, 0.1) is 6.54 Å². The molecule has 3 N–H and O–H groups in total. The van der Waals surface area contributed by atoms with Crippen molar-refractivity contribution in [1.29, 1.82) is 0 Å². The molecule has 2 atom stereocenters. The molecule has 0 amide bonds. The van der Waals surface area contributed by atoms with E-state index in [2.05, 4.69) is 27.4 Å². The molecule has 1 heterocycles. The highest BCUT2D eigenvalue weighted by molar-refractivity contribution is 5.79. The van der Waals surface area contributed by atoms with E-state index in [4.69, 9.17) is 0 Å². The van der Waals surface area contributed by atoms with E-state index in [9.17, 15) is 9.50 Å². The smallest absolute Gasteiger partial charge is 0.191 e. The van der Waals surface area contributed by atoms with E-state index in [1.165, 1.54) is 18.9 Å². The summed E-state index contributed by atoms with van der Waals surface area (Å²) in [5, 5.41) is 16.7. The minimum absolute atomic E-state index is 0.123. The van der Waals surface area contributed by atoms with E-state index in [0.717, 1.165) is 26.2 Å². The second-order valence-corrected chi connectivity index (χ2v) is 6.06. The lowest BCUT2D eigenvalue weighted by molar-refractivity contribution is 0.182. The van der Waals surface area contributed by atoms with Crippen LogP contribution in [0.5, 0.6) is 0 Å². The molecule has 0 saturated carbocycles. The number of nitrogens with zero attached hydrogens (tertiary/aromatic N) is 2. The molecular formula is C18H29FN4O. The van der Waals surface area contributed by atoms with Gasteiger partial charge in [0.25, 0.3) is 0 Å². The minimum atomic E-state index is -0.944. The average Bonchev–Trinajstić information content (AvgIpc) is 3.05. The van der Waals surface area contributed by atoms with Crippen LogP contribution in [0, 0.1) is 5.82 Å². The molecule has 5 nitrogen and oxygen atoms in total. The van der Waals surface area contributed by atoms with Crippen molar-refractivity contribution >= 4 is 5.96 Å². The van der Waals surface area contributed by atoms with Gasteiger partial charge in [-0.2, -0.15) is 0 Å². The van der Waals surface area contributed by atoms with Gasteiger partial charge in [-0.15, -0.1) is 0 Å². The highest BCUT2D eigenvalue weighted by atomic mass is 19.1. The summed E-state index contributed by atoms with van der Waals surface area (Å²) in [6.45, 7) is 8.09. The van der Waals surface area contributed by atoms with Crippen molar-refractivity contribution in [2.75, 3.05) is 32.7 Å². The molecule has 2 unspecified atom stereocenters. The number of aliphatic hydroxyl groups is 1. The van der Waals surface area contributed by atoms with E-state index in [1.54, 1.807) is 18.2 Å². The quantitative estimate of drug-likeness (QED) is 0.526. The van der Waals surface area contributed by atoms with E-state index in [-0.39, 0.29) is 12.1 Å². The molecule has 1 aliphatic rings. The van der Waals surface area contributed by atoms with E-state index < -0.39 is 11.9 Å². The van der Waals surface area contributed by atoms with Gasteiger partial charge in [0.15, 0.2) is 5.96 Å². The highest BCUT2D eigenvalue weighted by Crippen LogP contribution is 2.17. The van der Waals surface area contributed by atoms with Gasteiger partial charge < -0.3 is 15.7 Å². The first-order chi connectivity index (χ1) is 11.7. The Morgan fingerprint density at radius 2 is 2.17 bits per heavy atom. The summed E-state index contributed by atoms with van der Waals surface area (Å²) in [4.78, 5) is 6.86. The fourth-order valence-corrected chi connectivity index (χ4v) is 3.12. The highest BCUT2D eigenvalue weighted by Gasteiger charge is 2.22. The van der Waals surface area contributed by atoms with E-state index in [1.807, 2.05) is 6.92 Å². The SMILES string of the molecule is CCNC(=NCC(O)c1ccccc1F)NCC1CCCN1CC. The number of nitrogens with one attached hydrogen (secondary N) is 2. The number of hydrogen-bond acceptors (Lipinski definition) is 3. The Labute approximate surface area is 144 Å². The molecule has 1 aromatic rings. The molecule has 24 heavy (non-hydrogen) atoms. The normalized spacial score (nSPS) is 20.2. The van der Waals surface area contributed by atoms with Gasteiger partial charge in [-0.3, -0.25) is 9.89 Å².